The molecule has 0 aliphatic rings. The number of amides is 1. The number of azo groups is 1. The molecule has 1 atom stereocenters. The first-order valence-electron chi connectivity index (χ1n) is 9.90. The zero-order chi connectivity index (χ0) is 22.8. The second-order valence-corrected chi connectivity index (χ2v) is 8.10. The van der Waals surface area contributed by atoms with Crippen molar-refractivity contribution in [2.45, 2.75) is 19.8 Å². The van der Waals surface area contributed by atoms with Crippen molar-refractivity contribution in [2.24, 2.45) is 16.0 Å². The van der Waals surface area contributed by atoms with E-state index in [1.54, 1.807) is 32.0 Å². The molecule has 4 rings (SSSR count). The van der Waals surface area contributed by atoms with Crippen LogP contribution in [-0.4, -0.2) is 21.2 Å². The maximum absolute atomic E-state index is 13.3. The normalized spacial score (nSPS) is 12.3. The summed E-state index contributed by atoms with van der Waals surface area (Å²) in [5, 5.41) is 21.0. The van der Waals surface area contributed by atoms with E-state index in [1.807, 2.05) is 42.5 Å². The van der Waals surface area contributed by atoms with Crippen LogP contribution in [0.1, 0.15) is 44.8 Å². The maximum atomic E-state index is 13.3. The molecule has 1 heterocycles. The van der Waals surface area contributed by atoms with Crippen molar-refractivity contribution in [3.05, 3.63) is 83.0 Å². The Kier molecular flexibility index (Phi) is 5.79. The van der Waals surface area contributed by atoms with E-state index in [4.69, 9.17) is 5.73 Å². The zero-order valence-electron chi connectivity index (χ0n) is 17.4. The molecule has 0 aliphatic carbocycles. The molecular weight excluding hydrogens is 424 g/mol. The molecule has 0 spiro atoms. The summed E-state index contributed by atoms with van der Waals surface area (Å²) in [5.74, 6) is -1.61. The van der Waals surface area contributed by atoms with Gasteiger partial charge in [0, 0.05) is 11.3 Å². The van der Waals surface area contributed by atoms with E-state index in [2.05, 4.69) is 14.6 Å². The molecule has 0 saturated carbocycles. The maximum Gasteiger partial charge on any atom is 0.253 e. The highest BCUT2D eigenvalue weighted by Gasteiger charge is 2.24. The number of phenols is 1. The number of primary amides is 1. The number of benzene rings is 3. The number of fused-ring (bicyclic) bond motifs is 1. The molecule has 7 nitrogen and oxygen atoms in total. The molecular formula is C24H20N4O3S. The van der Waals surface area contributed by atoms with Gasteiger partial charge in [-0.25, -0.2) is 0 Å². The summed E-state index contributed by atoms with van der Waals surface area (Å²) in [4.78, 5) is 25.0. The van der Waals surface area contributed by atoms with Gasteiger partial charge in [0.05, 0.1) is 11.3 Å². The standard InChI is InChI=1S/C24H20N4O3S/c1-13(15-8-4-3-5-9-15)21(29)18-12-16-10-6-7-11-17(16)20(22(18)30)26-27-24-19(23(25)31)14(2)28-32-24/h3-13,30H,1-2H3,(H2,25,31). The molecule has 0 saturated heterocycles. The van der Waals surface area contributed by atoms with E-state index in [0.29, 0.717) is 11.1 Å². The highest BCUT2D eigenvalue weighted by atomic mass is 32.1. The molecule has 8 heteroatoms. The first-order chi connectivity index (χ1) is 15.4. The number of nitrogens with two attached hydrogens (primary N) is 1. The van der Waals surface area contributed by atoms with Crippen LogP contribution in [0.15, 0.2) is 70.9 Å². The molecule has 3 aromatic carbocycles. The Morgan fingerprint density at radius 2 is 1.75 bits per heavy atom. The van der Waals surface area contributed by atoms with Gasteiger partial charge in [-0.05, 0) is 35.5 Å². The predicted molar refractivity (Wildman–Crippen MR) is 124 cm³/mol. The average Bonchev–Trinajstić information content (AvgIpc) is 3.18. The van der Waals surface area contributed by atoms with E-state index >= 15 is 0 Å². The summed E-state index contributed by atoms with van der Waals surface area (Å²) in [6.45, 7) is 3.46. The summed E-state index contributed by atoms with van der Waals surface area (Å²) in [6.07, 6.45) is 0. The molecule has 3 N–H and O–H groups in total. The lowest BCUT2D eigenvalue weighted by Gasteiger charge is -2.14. The highest BCUT2D eigenvalue weighted by molar-refractivity contribution is 7.10. The summed E-state index contributed by atoms with van der Waals surface area (Å²) >= 11 is 0.988. The van der Waals surface area contributed by atoms with Crippen molar-refractivity contribution in [1.82, 2.24) is 4.37 Å². The number of aromatic nitrogens is 1. The van der Waals surface area contributed by atoms with Crippen LogP contribution in [0.4, 0.5) is 10.7 Å². The molecule has 1 aromatic heterocycles. The fourth-order valence-corrected chi connectivity index (χ4v) is 4.27. The van der Waals surface area contributed by atoms with Crippen LogP contribution in [0.5, 0.6) is 5.75 Å². The van der Waals surface area contributed by atoms with E-state index in [1.165, 1.54) is 0 Å². The first kappa shape index (κ1) is 21.3. The van der Waals surface area contributed by atoms with Crippen molar-refractivity contribution in [2.75, 3.05) is 0 Å². The Morgan fingerprint density at radius 3 is 2.47 bits per heavy atom. The minimum absolute atomic E-state index is 0.146. The lowest BCUT2D eigenvalue weighted by Crippen LogP contribution is -2.11. The molecule has 4 aromatic rings. The van der Waals surface area contributed by atoms with E-state index in [0.717, 1.165) is 22.5 Å². The number of nitrogens with zero attached hydrogens (tertiary/aromatic N) is 3. The quantitative estimate of drug-likeness (QED) is 0.288. The smallest absolute Gasteiger partial charge is 0.253 e. The topological polar surface area (TPSA) is 118 Å². The van der Waals surface area contributed by atoms with Crippen LogP contribution in [-0.2, 0) is 0 Å². The molecule has 1 amide bonds. The number of Topliss-reactive ketones (excluding diaryl/α,β-unsaturated/α-hetero) is 1. The lowest BCUT2D eigenvalue weighted by molar-refractivity contribution is 0.0962. The Labute approximate surface area is 188 Å². The van der Waals surface area contributed by atoms with Gasteiger partial charge >= 0.3 is 0 Å². The number of phenolic OH excluding ortho intramolecular Hbond substituents is 1. The van der Waals surface area contributed by atoms with Gasteiger partial charge < -0.3 is 10.8 Å². The molecule has 160 valence electrons. The second-order valence-electron chi connectivity index (χ2n) is 7.35. The van der Waals surface area contributed by atoms with Gasteiger partial charge in [0.1, 0.15) is 11.3 Å². The fourth-order valence-electron chi connectivity index (χ4n) is 3.54. The summed E-state index contributed by atoms with van der Waals surface area (Å²) in [7, 11) is 0. The van der Waals surface area contributed by atoms with E-state index in [9.17, 15) is 14.7 Å². The summed E-state index contributed by atoms with van der Waals surface area (Å²) in [5.41, 5.74) is 7.24. The average molecular weight is 445 g/mol. The number of rotatable bonds is 6. The Hall–Kier alpha value is -3.91. The van der Waals surface area contributed by atoms with Crippen LogP contribution in [0.3, 0.4) is 0 Å². The second kappa shape index (κ2) is 8.68. The number of ketones is 1. The van der Waals surface area contributed by atoms with Crippen LogP contribution >= 0.6 is 11.5 Å². The number of aryl methyl sites for hydroxylation is 1. The SMILES string of the molecule is Cc1nsc(N=Nc2c(O)c(C(=O)C(C)c3ccccc3)cc3ccccc23)c1C(N)=O. The zero-order valence-corrected chi connectivity index (χ0v) is 18.3. The highest BCUT2D eigenvalue weighted by Crippen LogP contribution is 2.41. The van der Waals surface area contributed by atoms with Crippen molar-refractivity contribution in [3.8, 4) is 5.75 Å². The Morgan fingerprint density at radius 1 is 1.06 bits per heavy atom. The molecule has 1 unspecified atom stereocenters. The number of aromatic hydroxyl groups is 1. The molecule has 0 bridgehead atoms. The van der Waals surface area contributed by atoms with E-state index in [-0.39, 0.29) is 33.3 Å². The van der Waals surface area contributed by atoms with Crippen molar-refractivity contribution >= 4 is 44.7 Å². The van der Waals surface area contributed by atoms with Gasteiger partial charge in [-0.2, -0.15) is 4.37 Å². The van der Waals surface area contributed by atoms with Crippen LogP contribution in [0, 0.1) is 6.92 Å². The Bertz CT molecular complexity index is 1360. The first-order valence-corrected chi connectivity index (χ1v) is 10.7. The lowest BCUT2D eigenvalue weighted by atomic mass is 9.90. The molecule has 0 radical (unpaired) electrons. The van der Waals surface area contributed by atoms with Gasteiger partial charge in [0.2, 0.25) is 0 Å². The summed E-state index contributed by atoms with van der Waals surface area (Å²) < 4.78 is 4.11. The largest absolute Gasteiger partial charge is 0.505 e. The van der Waals surface area contributed by atoms with Crippen LogP contribution in [0.25, 0.3) is 10.8 Å². The van der Waals surface area contributed by atoms with Crippen molar-refractivity contribution < 1.29 is 14.7 Å². The van der Waals surface area contributed by atoms with Gasteiger partial charge in [0.25, 0.3) is 5.91 Å². The monoisotopic (exact) mass is 444 g/mol. The minimum atomic E-state index is -0.653. The van der Waals surface area contributed by atoms with E-state index < -0.39 is 11.8 Å². The summed E-state index contributed by atoms with van der Waals surface area (Å²) in [6, 6.07) is 18.3. The van der Waals surface area contributed by atoms with Gasteiger partial charge in [-0.3, -0.25) is 9.59 Å². The number of carbonyl (C=O) groups excluding carboxylic acids is 2. The van der Waals surface area contributed by atoms with Gasteiger partial charge in [0.15, 0.2) is 16.5 Å². The number of hydrogen-bond acceptors (Lipinski definition) is 7. The van der Waals surface area contributed by atoms with Gasteiger partial charge in [-0.15, -0.1) is 10.2 Å². The Balaban J connectivity index is 1.84. The van der Waals surface area contributed by atoms with Crippen LogP contribution in [0.2, 0.25) is 0 Å². The third-order valence-corrected chi connectivity index (χ3v) is 6.11. The predicted octanol–water partition coefficient (Wildman–Crippen LogP) is 5.81. The number of carbonyl (C=O) groups is 2. The van der Waals surface area contributed by atoms with Gasteiger partial charge in [-0.1, -0.05) is 61.5 Å². The van der Waals surface area contributed by atoms with Crippen LogP contribution < -0.4 is 5.73 Å². The molecule has 0 aliphatic heterocycles. The minimum Gasteiger partial charge on any atom is -0.505 e. The van der Waals surface area contributed by atoms with Crippen molar-refractivity contribution in [1.29, 1.82) is 0 Å². The molecule has 0 fully saturated rings. The molecule has 32 heavy (non-hydrogen) atoms. The number of hydrogen-bond donors (Lipinski definition) is 2. The third kappa shape index (κ3) is 3.88. The third-order valence-electron chi connectivity index (χ3n) is 5.29. The van der Waals surface area contributed by atoms with Crippen molar-refractivity contribution in [3.63, 3.8) is 0 Å². The fraction of sp³-hybridized carbons (Fsp3) is 0.125.